The van der Waals surface area contributed by atoms with Gasteiger partial charge in [-0.3, -0.25) is 9.48 Å². The van der Waals surface area contributed by atoms with Gasteiger partial charge in [0.05, 0.1) is 0 Å². The number of carbonyl (C=O) groups is 1. The Bertz CT molecular complexity index is 517. The summed E-state index contributed by atoms with van der Waals surface area (Å²) in [6, 6.07) is 5.61. The molecule has 0 saturated heterocycles. The van der Waals surface area contributed by atoms with Crippen LogP contribution in [0.3, 0.4) is 0 Å². The largest absolute Gasteiger partial charge is 0.298 e. The Hall–Kier alpha value is -1.35. The van der Waals surface area contributed by atoms with E-state index >= 15 is 0 Å². The molecular weight excluding hydrogens is 212 g/mol. The summed E-state index contributed by atoms with van der Waals surface area (Å²) in [5, 5.41) is 5.75. The molecule has 1 heterocycles. The fourth-order valence-corrected chi connectivity index (χ4v) is 1.94. The first-order valence-corrected chi connectivity index (χ1v) is 5.15. The molecule has 0 unspecified atom stereocenters. The van der Waals surface area contributed by atoms with E-state index in [-0.39, 0.29) is 6.04 Å². The number of aromatic nitrogens is 2. The SMILES string of the molecule is CC(C)n1nc2c(C=O)cccc2c1Cl. The van der Waals surface area contributed by atoms with E-state index < -0.39 is 0 Å². The van der Waals surface area contributed by atoms with Crippen LogP contribution in [-0.4, -0.2) is 16.1 Å². The fourth-order valence-electron chi connectivity index (χ4n) is 1.55. The third-order valence-electron chi connectivity index (χ3n) is 2.31. The van der Waals surface area contributed by atoms with Gasteiger partial charge in [0.25, 0.3) is 0 Å². The molecule has 3 nitrogen and oxygen atoms in total. The number of hydrogen-bond acceptors (Lipinski definition) is 2. The summed E-state index contributed by atoms with van der Waals surface area (Å²) in [5.74, 6) is 0. The summed E-state index contributed by atoms with van der Waals surface area (Å²) in [7, 11) is 0. The van der Waals surface area contributed by atoms with Crippen molar-refractivity contribution in [1.29, 1.82) is 0 Å². The molecule has 0 aliphatic rings. The van der Waals surface area contributed by atoms with Crippen molar-refractivity contribution >= 4 is 28.8 Å². The molecule has 0 aliphatic carbocycles. The average Bonchev–Trinajstić information content (AvgIpc) is 2.56. The van der Waals surface area contributed by atoms with Crippen molar-refractivity contribution < 1.29 is 4.79 Å². The number of rotatable bonds is 2. The molecule has 0 saturated carbocycles. The number of fused-ring (bicyclic) bond motifs is 1. The van der Waals surface area contributed by atoms with Crippen molar-refractivity contribution in [1.82, 2.24) is 9.78 Å². The Morgan fingerprint density at radius 2 is 2.20 bits per heavy atom. The van der Waals surface area contributed by atoms with Gasteiger partial charge in [-0.1, -0.05) is 17.7 Å². The van der Waals surface area contributed by atoms with E-state index in [2.05, 4.69) is 5.10 Å². The van der Waals surface area contributed by atoms with Crippen molar-refractivity contribution in [3.63, 3.8) is 0 Å². The molecule has 0 amide bonds. The first-order valence-electron chi connectivity index (χ1n) is 4.77. The summed E-state index contributed by atoms with van der Waals surface area (Å²) in [6.07, 6.45) is 0.802. The van der Waals surface area contributed by atoms with Gasteiger partial charge in [-0.25, -0.2) is 0 Å². The monoisotopic (exact) mass is 222 g/mol. The summed E-state index contributed by atoms with van der Waals surface area (Å²) < 4.78 is 1.72. The summed E-state index contributed by atoms with van der Waals surface area (Å²) in [6.45, 7) is 4.00. The lowest BCUT2D eigenvalue weighted by Crippen LogP contribution is -2.02. The highest BCUT2D eigenvalue weighted by Gasteiger charge is 2.13. The maximum atomic E-state index is 10.8. The van der Waals surface area contributed by atoms with Crippen LogP contribution in [-0.2, 0) is 0 Å². The molecule has 15 heavy (non-hydrogen) atoms. The molecule has 78 valence electrons. The van der Waals surface area contributed by atoms with Gasteiger partial charge >= 0.3 is 0 Å². The van der Waals surface area contributed by atoms with Gasteiger partial charge in [-0.05, 0) is 26.0 Å². The standard InChI is InChI=1S/C11H11ClN2O/c1-7(2)14-11(12)9-5-3-4-8(6-15)10(9)13-14/h3-7H,1-2H3. The Balaban J connectivity index is 2.81. The topological polar surface area (TPSA) is 34.9 Å². The van der Waals surface area contributed by atoms with E-state index in [0.29, 0.717) is 16.2 Å². The van der Waals surface area contributed by atoms with E-state index in [1.807, 2.05) is 26.0 Å². The summed E-state index contributed by atoms with van der Waals surface area (Å²) >= 11 is 6.17. The second kappa shape index (κ2) is 3.66. The fraction of sp³-hybridized carbons (Fsp3) is 0.273. The lowest BCUT2D eigenvalue weighted by atomic mass is 10.2. The first kappa shape index (κ1) is 10.2. The molecule has 4 heteroatoms. The van der Waals surface area contributed by atoms with Gasteiger partial charge in [-0.2, -0.15) is 5.10 Å². The predicted molar refractivity (Wildman–Crippen MR) is 60.5 cm³/mol. The lowest BCUT2D eigenvalue weighted by Gasteiger charge is -2.05. The Labute approximate surface area is 92.6 Å². The molecule has 0 fully saturated rings. The highest BCUT2D eigenvalue weighted by atomic mass is 35.5. The average molecular weight is 223 g/mol. The number of carbonyl (C=O) groups excluding carboxylic acids is 1. The van der Waals surface area contributed by atoms with E-state index in [1.165, 1.54) is 0 Å². The molecule has 0 atom stereocenters. The van der Waals surface area contributed by atoms with Crippen molar-refractivity contribution in [3.05, 3.63) is 28.9 Å². The third kappa shape index (κ3) is 1.53. The van der Waals surface area contributed by atoms with Crippen LogP contribution in [0.1, 0.15) is 30.2 Å². The quantitative estimate of drug-likeness (QED) is 0.732. The van der Waals surface area contributed by atoms with Crippen molar-refractivity contribution in [2.24, 2.45) is 0 Å². The molecule has 0 spiro atoms. The maximum absolute atomic E-state index is 10.8. The molecule has 0 radical (unpaired) electrons. The van der Waals surface area contributed by atoms with Crippen molar-refractivity contribution in [3.8, 4) is 0 Å². The molecule has 0 bridgehead atoms. The molecule has 1 aromatic heterocycles. The van der Waals surface area contributed by atoms with Gasteiger partial charge in [0.1, 0.15) is 10.7 Å². The maximum Gasteiger partial charge on any atom is 0.152 e. The minimum Gasteiger partial charge on any atom is -0.298 e. The Morgan fingerprint density at radius 1 is 1.47 bits per heavy atom. The molecule has 2 rings (SSSR count). The zero-order valence-corrected chi connectivity index (χ0v) is 9.32. The Morgan fingerprint density at radius 3 is 2.80 bits per heavy atom. The van der Waals surface area contributed by atoms with Gasteiger partial charge < -0.3 is 0 Å². The Kier molecular flexibility index (Phi) is 2.49. The third-order valence-corrected chi connectivity index (χ3v) is 2.69. The zero-order chi connectivity index (χ0) is 11.0. The minimum atomic E-state index is 0.185. The number of benzene rings is 1. The van der Waals surface area contributed by atoms with Crippen LogP contribution in [0.5, 0.6) is 0 Å². The molecule has 0 aliphatic heterocycles. The molecule has 0 N–H and O–H groups in total. The van der Waals surface area contributed by atoms with Crippen LogP contribution in [0, 0.1) is 0 Å². The summed E-state index contributed by atoms with van der Waals surface area (Å²) in [5.41, 5.74) is 1.25. The predicted octanol–water partition coefficient (Wildman–Crippen LogP) is 3.08. The van der Waals surface area contributed by atoms with Crippen molar-refractivity contribution in [2.45, 2.75) is 19.9 Å². The summed E-state index contributed by atoms with van der Waals surface area (Å²) in [4.78, 5) is 10.8. The van der Waals surface area contributed by atoms with Gasteiger partial charge in [-0.15, -0.1) is 0 Å². The normalized spacial score (nSPS) is 11.2. The number of hydrogen-bond donors (Lipinski definition) is 0. The van der Waals surface area contributed by atoms with Crippen LogP contribution in [0.2, 0.25) is 5.15 Å². The second-order valence-electron chi connectivity index (χ2n) is 3.69. The molecular formula is C11H11ClN2O. The highest BCUT2D eigenvalue weighted by Crippen LogP contribution is 2.27. The molecule has 2 aromatic rings. The van der Waals surface area contributed by atoms with Crippen LogP contribution < -0.4 is 0 Å². The first-order chi connectivity index (χ1) is 7.15. The molecule has 1 aromatic carbocycles. The number of aldehydes is 1. The van der Waals surface area contributed by atoms with Gasteiger partial charge in [0.15, 0.2) is 6.29 Å². The van der Waals surface area contributed by atoms with Crippen LogP contribution in [0.25, 0.3) is 10.9 Å². The second-order valence-corrected chi connectivity index (χ2v) is 4.05. The van der Waals surface area contributed by atoms with E-state index in [1.54, 1.807) is 10.7 Å². The number of halogens is 1. The minimum absolute atomic E-state index is 0.185. The lowest BCUT2D eigenvalue weighted by molar-refractivity contribution is 0.112. The van der Waals surface area contributed by atoms with Crippen LogP contribution in [0.15, 0.2) is 18.2 Å². The van der Waals surface area contributed by atoms with Crippen LogP contribution in [0.4, 0.5) is 0 Å². The van der Waals surface area contributed by atoms with Gasteiger partial charge in [0, 0.05) is 17.0 Å². The van der Waals surface area contributed by atoms with E-state index in [9.17, 15) is 4.79 Å². The van der Waals surface area contributed by atoms with E-state index in [0.717, 1.165) is 11.7 Å². The van der Waals surface area contributed by atoms with Gasteiger partial charge in [0.2, 0.25) is 0 Å². The van der Waals surface area contributed by atoms with E-state index in [4.69, 9.17) is 11.6 Å². The zero-order valence-electron chi connectivity index (χ0n) is 8.57. The highest BCUT2D eigenvalue weighted by molar-refractivity contribution is 6.34. The number of nitrogens with zero attached hydrogens (tertiary/aromatic N) is 2. The van der Waals surface area contributed by atoms with Crippen molar-refractivity contribution in [2.75, 3.05) is 0 Å². The smallest absolute Gasteiger partial charge is 0.152 e. The van der Waals surface area contributed by atoms with Crippen LogP contribution >= 0.6 is 11.6 Å².